The van der Waals surface area contributed by atoms with Crippen LogP contribution in [0, 0.1) is 0 Å². The van der Waals surface area contributed by atoms with Crippen LogP contribution >= 0.6 is 11.6 Å². The van der Waals surface area contributed by atoms with Gasteiger partial charge in [0.25, 0.3) is 0 Å². The van der Waals surface area contributed by atoms with Gasteiger partial charge in [-0.3, -0.25) is 0 Å². The molecule has 1 saturated heterocycles. The number of hydrogen-bond donors (Lipinski definition) is 1. The van der Waals surface area contributed by atoms with Crippen molar-refractivity contribution in [1.82, 2.24) is 5.32 Å². The minimum absolute atomic E-state index is 0.221. The van der Waals surface area contributed by atoms with Gasteiger partial charge in [-0.1, -0.05) is 11.6 Å². The van der Waals surface area contributed by atoms with Crippen molar-refractivity contribution in [3.8, 4) is 5.75 Å². The first-order valence-electron chi connectivity index (χ1n) is 6.42. The number of benzene rings is 1. The molecule has 1 aliphatic rings. The Balaban J connectivity index is 2.15. The van der Waals surface area contributed by atoms with Crippen molar-refractivity contribution in [1.29, 1.82) is 0 Å². The summed E-state index contributed by atoms with van der Waals surface area (Å²) in [5, 5.41) is 3.96. The fourth-order valence-electron chi connectivity index (χ4n) is 2.09. The number of halogens is 1. The van der Waals surface area contributed by atoms with Gasteiger partial charge in [0.15, 0.2) is 0 Å². The molecule has 0 spiro atoms. The molecule has 1 aromatic carbocycles. The maximum absolute atomic E-state index is 6.09. The molecule has 0 amide bonds. The molecule has 1 fully saturated rings. The van der Waals surface area contributed by atoms with Crippen LogP contribution in [0.5, 0.6) is 5.75 Å². The Morgan fingerprint density at radius 2 is 2.11 bits per heavy atom. The molecule has 0 aromatic heterocycles. The van der Waals surface area contributed by atoms with E-state index >= 15 is 0 Å². The van der Waals surface area contributed by atoms with Gasteiger partial charge < -0.3 is 14.8 Å². The van der Waals surface area contributed by atoms with Gasteiger partial charge in [0, 0.05) is 29.5 Å². The van der Waals surface area contributed by atoms with E-state index in [1.165, 1.54) is 0 Å². The van der Waals surface area contributed by atoms with Crippen LogP contribution < -0.4 is 10.1 Å². The summed E-state index contributed by atoms with van der Waals surface area (Å²) in [6, 6.07) is 6.03. The maximum Gasteiger partial charge on any atom is 0.124 e. The van der Waals surface area contributed by atoms with Crippen molar-refractivity contribution in [2.45, 2.75) is 31.9 Å². The summed E-state index contributed by atoms with van der Waals surface area (Å²) >= 11 is 6.06. The highest BCUT2D eigenvalue weighted by molar-refractivity contribution is 6.30. The Morgan fingerprint density at radius 3 is 2.78 bits per heavy atom. The predicted octanol–water partition coefficient (Wildman–Crippen LogP) is 3.18. The largest absolute Gasteiger partial charge is 0.490 e. The van der Waals surface area contributed by atoms with Crippen molar-refractivity contribution in [2.75, 3.05) is 20.3 Å². The number of nitrogens with one attached hydrogen (secondary N) is 1. The third-order valence-electron chi connectivity index (χ3n) is 3.33. The number of hydrogen-bond acceptors (Lipinski definition) is 3. The van der Waals surface area contributed by atoms with E-state index in [0.29, 0.717) is 0 Å². The van der Waals surface area contributed by atoms with Crippen LogP contribution in [-0.2, 0) is 4.74 Å². The van der Waals surface area contributed by atoms with Crippen molar-refractivity contribution in [3.63, 3.8) is 0 Å². The summed E-state index contributed by atoms with van der Waals surface area (Å²) in [7, 11) is 1.93. The molecule has 0 bridgehead atoms. The van der Waals surface area contributed by atoms with Crippen molar-refractivity contribution >= 4 is 11.6 Å². The van der Waals surface area contributed by atoms with Gasteiger partial charge in [0.1, 0.15) is 11.9 Å². The highest BCUT2D eigenvalue weighted by Gasteiger charge is 2.18. The van der Waals surface area contributed by atoms with Crippen molar-refractivity contribution in [2.24, 2.45) is 0 Å². The maximum atomic E-state index is 6.09. The summed E-state index contributed by atoms with van der Waals surface area (Å²) in [6.07, 6.45) is 2.16. The Morgan fingerprint density at radius 1 is 1.39 bits per heavy atom. The van der Waals surface area contributed by atoms with Crippen molar-refractivity contribution in [3.05, 3.63) is 28.8 Å². The minimum atomic E-state index is 0.221. The molecule has 1 unspecified atom stereocenters. The molecular weight excluding hydrogens is 250 g/mol. The molecule has 0 radical (unpaired) electrons. The molecule has 100 valence electrons. The first-order chi connectivity index (χ1) is 8.70. The van der Waals surface area contributed by atoms with Crippen LogP contribution in [0.4, 0.5) is 0 Å². The van der Waals surface area contributed by atoms with Crippen LogP contribution in [0.15, 0.2) is 18.2 Å². The molecule has 2 rings (SSSR count). The lowest BCUT2D eigenvalue weighted by Crippen LogP contribution is -2.26. The van der Waals surface area contributed by atoms with Gasteiger partial charge in [-0.2, -0.15) is 0 Å². The van der Waals surface area contributed by atoms with E-state index in [2.05, 4.69) is 12.2 Å². The van der Waals surface area contributed by atoms with Gasteiger partial charge in [0.2, 0.25) is 0 Å². The van der Waals surface area contributed by atoms with Gasteiger partial charge >= 0.3 is 0 Å². The summed E-state index contributed by atoms with van der Waals surface area (Å²) in [6.45, 7) is 3.67. The Hall–Kier alpha value is -0.770. The molecule has 0 aliphatic carbocycles. The van der Waals surface area contributed by atoms with Crippen molar-refractivity contribution < 1.29 is 9.47 Å². The fraction of sp³-hybridized carbons (Fsp3) is 0.571. The van der Waals surface area contributed by atoms with Crippen LogP contribution in [0.2, 0.25) is 5.02 Å². The standard InChI is InChI=1S/C14H20ClNO2/c1-10(16-2)13-9-11(15)3-4-14(13)18-12-5-7-17-8-6-12/h3-4,9-10,12,16H,5-8H2,1-2H3. The number of ether oxygens (including phenoxy) is 2. The van der Waals surface area contributed by atoms with Crippen LogP contribution in [0.3, 0.4) is 0 Å². The van der Waals surface area contributed by atoms with Gasteiger partial charge in [0.05, 0.1) is 13.2 Å². The summed E-state index contributed by atoms with van der Waals surface area (Å²) in [5.41, 5.74) is 1.11. The van der Waals surface area contributed by atoms with E-state index in [1.807, 2.05) is 25.2 Å². The monoisotopic (exact) mass is 269 g/mol. The summed E-state index contributed by atoms with van der Waals surface area (Å²) in [5.74, 6) is 0.924. The molecule has 4 heteroatoms. The van der Waals surface area contributed by atoms with E-state index < -0.39 is 0 Å². The zero-order valence-corrected chi connectivity index (χ0v) is 11.7. The highest BCUT2D eigenvalue weighted by atomic mass is 35.5. The van der Waals surface area contributed by atoms with Crippen LogP contribution in [-0.4, -0.2) is 26.4 Å². The van der Waals surface area contributed by atoms with E-state index in [-0.39, 0.29) is 12.1 Å². The van der Waals surface area contributed by atoms with Crippen LogP contribution in [0.1, 0.15) is 31.4 Å². The molecule has 0 saturated carbocycles. The lowest BCUT2D eigenvalue weighted by atomic mass is 10.1. The van der Waals surface area contributed by atoms with Gasteiger partial charge in [-0.25, -0.2) is 0 Å². The molecular formula is C14H20ClNO2. The van der Waals surface area contributed by atoms with Gasteiger partial charge in [-0.15, -0.1) is 0 Å². The lowest BCUT2D eigenvalue weighted by molar-refractivity contribution is 0.0250. The van der Waals surface area contributed by atoms with E-state index in [9.17, 15) is 0 Å². The molecule has 1 aliphatic heterocycles. The molecule has 1 N–H and O–H groups in total. The molecule has 3 nitrogen and oxygen atoms in total. The summed E-state index contributed by atoms with van der Waals surface area (Å²) < 4.78 is 11.4. The SMILES string of the molecule is CNC(C)c1cc(Cl)ccc1OC1CCOCC1. The molecule has 18 heavy (non-hydrogen) atoms. The quantitative estimate of drug-likeness (QED) is 0.911. The Labute approximate surface area is 113 Å². The van der Waals surface area contributed by atoms with E-state index in [0.717, 1.165) is 42.4 Å². The van der Waals surface area contributed by atoms with Gasteiger partial charge in [-0.05, 0) is 32.2 Å². The normalized spacial score (nSPS) is 18.6. The minimum Gasteiger partial charge on any atom is -0.490 e. The molecule has 1 atom stereocenters. The third kappa shape index (κ3) is 3.37. The molecule has 1 heterocycles. The Bertz CT molecular complexity index is 391. The van der Waals surface area contributed by atoms with E-state index in [4.69, 9.17) is 21.1 Å². The van der Waals surface area contributed by atoms with Crippen LogP contribution in [0.25, 0.3) is 0 Å². The predicted molar refractivity (Wildman–Crippen MR) is 73.4 cm³/mol. The van der Waals surface area contributed by atoms with E-state index in [1.54, 1.807) is 0 Å². The zero-order valence-electron chi connectivity index (χ0n) is 10.9. The summed E-state index contributed by atoms with van der Waals surface area (Å²) in [4.78, 5) is 0. The first kappa shape index (κ1) is 13.7. The first-order valence-corrected chi connectivity index (χ1v) is 6.79. The lowest BCUT2D eigenvalue weighted by Gasteiger charge is -2.25. The zero-order chi connectivity index (χ0) is 13.0. The number of rotatable bonds is 4. The third-order valence-corrected chi connectivity index (χ3v) is 3.57. The Kier molecular flexibility index (Phi) is 4.87. The average Bonchev–Trinajstić information content (AvgIpc) is 2.41. The average molecular weight is 270 g/mol. The fourth-order valence-corrected chi connectivity index (χ4v) is 2.27. The smallest absolute Gasteiger partial charge is 0.124 e. The highest BCUT2D eigenvalue weighted by Crippen LogP contribution is 2.30. The molecule has 1 aromatic rings. The second-order valence-corrected chi connectivity index (χ2v) is 5.06. The second kappa shape index (κ2) is 6.41. The topological polar surface area (TPSA) is 30.5 Å². The second-order valence-electron chi connectivity index (χ2n) is 4.62.